The minimum Gasteiger partial charge on any atom is -0.508 e. The van der Waals surface area contributed by atoms with Crippen LogP contribution in [0.25, 0.3) is 11.0 Å². The summed E-state index contributed by atoms with van der Waals surface area (Å²) in [5, 5.41) is 11.8. The maximum absolute atomic E-state index is 12.2. The first-order valence-corrected chi connectivity index (χ1v) is 6.86. The SMILES string of the molecule is CN(C(=O)C(=O)Nc1ccc2nc[nH]c2c1)c1ccc(O)cc1. The second-order valence-electron chi connectivity index (χ2n) is 4.97. The van der Waals surface area contributed by atoms with Crippen molar-refractivity contribution in [1.82, 2.24) is 9.97 Å². The van der Waals surface area contributed by atoms with E-state index < -0.39 is 11.8 Å². The second kappa shape index (κ2) is 5.80. The number of aromatic amines is 1. The molecule has 0 saturated heterocycles. The number of aromatic hydroxyl groups is 1. The highest BCUT2D eigenvalue weighted by Gasteiger charge is 2.20. The Bertz CT molecular complexity index is 870. The quantitative estimate of drug-likeness (QED) is 0.629. The fourth-order valence-electron chi connectivity index (χ4n) is 2.14. The average molecular weight is 310 g/mol. The lowest BCUT2D eigenvalue weighted by molar-refractivity contribution is -0.134. The molecule has 3 rings (SSSR count). The molecule has 0 radical (unpaired) electrons. The smallest absolute Gasteiger partial charge is 0.316 e. The number of amides is 2. The van der Waals surface area contributed by atoms with Gasteiger partial charge in [0.1, 0.15) is 5.75 Å². The van der Waals surface area contributed by atoms with Crippen LogP contribution in [-0.2, 0) is 9.59 Å². The molecule has 7 heteroatoms. The molecular formula is C16H14N4O3. The molecule has 0 spiro atoms. The van der Waals surface area contributed by atoms with Gasteiger partial charge in [0.25, 0.3) is 0 Å². The summed E-state index contributed by atoms with van der Waals surface area (Å²) in [7, 11) is 1.49. The van der Waals surface area contributed by atoms with E-state index in [1.807, 2.05) is 0 Å². The van der Waals surface area contributed by atoms with Crippen molar-refractivity contribution in [2.75, 3.05) is 17.3 Å². The number of likely N-dealkylation sites (N-methyl/N-ethyl adjacent to an activating group) is 1. The molecule has 0 aliphatic heterocycles. The molecule has 1 heterocycles. The Kier molecular flexibility index (Phi) is 3.68. The number of hydrogen-bond acceptors (Lipinski definition) is 4. The number of anilines is 2. The number of imidazole rings is 1. The molecule has 2 aromatic carbocycles. The summed E-state index contributed by atoms with van der Waals surface area (Å²) in [4.78, 5) is 32.5. The van der Waals surface area contributed by atoms with Gasteiger partial charge in [-0.15, -0.1) is 0 Å². The molecule has 0 unspecified atom stereocenters. The summed E-state index contributed by atoms with van der Waals surface area (Å²) in [5.41, 5.74) is 2.55. The van der Waals surface area contributed by atoms with Gasteiger partial charge in [0.15, 0.2) is 0 Å². The zero-order valence-electron chi connectivity index (χ0n) is 12.3. The van der Waals surface area contributed by atoms with Crippen LogP contribution in [0.15, 0.2) is 48.8 Å². The number of benzene rings is 2. The number of rotatable bonds is 2. The minimum atomic E-state index is -0.751. The first-order valence-electron chi connectivity index (χ1n) is 6.86. The largest absolute Gasteiger partial charge is 0.508 e. The van der Waals surface area contributed by atoms with Crippen LogP contribution in [0.3, 0.4) is 0 Å². The molecule has 0 saturated carbocycles. The van der Waals surface area contributed by atoms with Crippen LogP contribution in [0.4, 0.5) is 11.4 Å². The van der Waals surface area contributed by atoms with Crippen LogP contribution < -0.4 is 10.2 Å². The zero-order valence-corrected chi connectivity index (χ0v) is 12.3. The number of aromatic nitrogens is 2. The first kappa shape index (κ1) is 14.6. The number of H-pyrrole nitrogens is 1. The molecule has 116 valence electrons. The Morgan fingerprint density at radius 1 is 1.17 bits per heavy atom. The van der Waals surface area contributed by atoms with Crippen molar-refractivity contribution in [2.45, 2.75) is 0 Å². The van der Waals surface area contributed by atoms with Crippen LogP contribution in [0, 0.1) is 0 Å². The van der Waals surface area contributed by atoms with Crippen LogP contribution in [0.5, 0.6) is 5.75 Å². The zero-order chi connectivity index (χ0) is 16.4. The first-order chi connectivity index (χ1) is 11.0. The summed E-state index contributed by atoms with van der Waals surface area (Å²) < 4.78 is 0. The van der Waals surface area contributed by atoms with Crippen molar-refractivity contribution >= 4 is 34.2 Å². The summed E-state index contributed by atoms with van der Waals surface area (Å²) in [5.74, 6) is -1.37. The molecule has 7 nitrogen and oxygen atoms in total. The van der Waals surface area contributed by atoms with Crippen LogP contribution in [0.1, 0.15) is 0 Å². The summed E-state index contributed by atoms with van der Waals surface area (Å²) in [6, 6.07) is 11.1. The van der Waals surface area contributed by atoms with Crippen molar-refractivity contribution in [3.63, 3.8) is 0 Å². The third-order valence-corrected chi connectivity index (χ3v) is 3.41. The van der Waals surface area contributed by atoms with Crippen LogP contribution in [-0.4, -0.2) is 33.9 Å². The van der Waals surface area contributed by atoms with Gasteiger partial charge in [0.2, 0.25) is 0 Å². The van der Waals surface area contributed by atoms with Gasteiger partial charge < -0.3 is 20.3 Å². The summed E-state index contributed by atoms with van der Waals surface area (Å²) >= 11 is 0. The number of phenolic OH excluding ortho intramolecular Hbond substituents is 1. The molecule has 0 fully saturated rings. The van der Waals surface area contributed by atoms with Crippen molar-refractivity contribution < 1.29 is 14.7 Å². The van der Waals surface area contributed by atoms with E-state index in [9.17, 15) is 14.7 Å². The number of phenols is 1. The Hall–Kier alpha value is -3.35. The molecular weight excluding hydrogens is 296 g/mol. The lowest BCUT2D eigenvalue weighted by Gasteiger charge is -2.16. The van der Waals surface area contributed by atoms with Crippen molar-refractivity contribution in [3.05, 3.63) is 48.8 Å². The van der Waals surface area contributed by atoms with E-state index in [2.05, 4.69) is 15.3 Å². The van der Waals surface area contributed by atoms with Crippen molar-refractivity contribution in [3.8, 4) is 5.75 Å². The normalized spacial score (nSPS) is 10.5. The number of nitrogens with zero attached hydrogens (tertiary/aromatic N) is 2. The predicted molar refractivity (Wildman–Crippen MR) is 86.2 cm³/mol. The second-order valence-corrected chi connectivity index (χ2v) is 4.97. The standard InChI is InChI=1S/C16H14N4O3/c1-20(11-3-5-12(21)6-4-11)16(23)15(22)19-10-2-7-13-14(8-10)18-9-17-13/h2-9,21H,1H3,(H,17,18)(H,19,22). The average Bonchev–Trinajstić information content (AvgIpc) is 3.01. The number of nitrogens with one attached hydrogen (secondary N) is 2. The van der Waals surface area contributed by atoms with Crippen molar-refractivity contribution in [2.24, 2.45) is 0 Å². The van der Waals surface area contributed by atoms with Crippen LogP contribution >= 0.6 is 0 Å². The molecule has 3 N–H and O–H groups in total. The molecule has 3 aromatic rings. The van der Waals surface area contributed by atoms with E-state index >= 15 is 0 Å². The highest BCUT2D eigenvalue weighted by atomic mass is 16.3. The van der Waals surface area contributed by atoms with Gasteiger partial charge in [-0.25, -0.2) is 4.98 Å². The van der Waals surface area contributed by atoms with Crippen molar-refractivity contribution in [1.29, 1.82) is 0 Å². The number of carbonyl (C=O) groups is 2. The van der Waals surface area contributed by atoms with Gasteiger partial charge in [-0.1, -0.05) is 0 Å². The Balaban J connectivity index is 1.73. The topological polar surface area (TPSA) is 98.3 Å². The molecule has 0 aliphatic carbocycles. The maximum atomic E-state index is 12.2. The number of carbonyl (C=O) groups excluding carboxylic acids is 2. The Labute approximate surface area is 131 Å². The van der Waals surface area contributed by atoms with Gasteiger partial charge in [0.05, 0.1) is 17.4 Å². The number of hydrogen-bond donors (Lipinski definition) is 3. The third-order valence-electron chi connectivity index (χ3n) is 3.41. The van der Waals surface area contributed by atoms with E-state index in [0.29, 0.717) is 11.4 Å². The monoisotopic (exact) mass is 310 g/mol. The van der Waals surface area contributed by atoms with E-state index in [0.717, 1.165) is 11.0 Å². The minimum absolute atomic E-state index is 0.0897. The van der Waals surface area contributed by atoms with E-state index in [4.69, 9.17) is 0 Å². The van der Waals surface area contributed by atoms with E-state index in [-0.39, 0.29) is 5.75 Å². The van der Waals surface area contributed by atoms with Gasteiger partial charge >= 0.3 is 11.8 Å². The van der Waals surface area contributed by atoms with Gasteiger partial charge in [-0.05, 0) is 42.5 Å². The fraction of sp³-hybridized carbons (Fsp3) is 0.0625. The highest BCUT2D eigenvalue weighted by molar-refractivity contribution is 6.44. The molecule has 23 heavy (non-hydrogen) atoms. The highest BCUT2D eigenvalue weighted by Crippen LogP contribution is 2.18. The van der Waals surface area contributed by atoms with E-state index in [1.165, 1.54) is 24.1 Å². The van der Waals surface area contributed by atoms with Gasteiger partial charge in [0, 0.05) is 18.4 Å². The fourth-order valence-corrected chi connectivity index (χ4v) is 2.14. The van der Waals surface area contributed by atoms with Gasteiger partial charge in [-0.3, -0.25) is 9.59 Å². The molecule has 1 aromatic heterocycles. The predicted octanol–water partition coefficient (Wildman–Crippen LogP) is 1.87. The maximum Gasteiger partial charge on any atom is 0.316 e. The van der Waals surface area contributed by atoms with Crippen LogP contribution in [0.2, 0.25) is 0 Å². The molecule has 2 amide bonds. The number of fused-ring (bicyclic) bond motifs is 1. The Morgan fingerprint density at radius 3 is 2.65 bits per heavy atom. The lowest BCUT2D eigenvalue weighted by atomic mass is 10.2. The molecule has 0 aliphatic rings. The summed E-state index contributed by atoms with van der Waals surface area (Å²) in [6.45, 7) is 0. The Morgan fingerprint density at radius 2 is 1.91 bits per heavy atom. The summed E-state index contributed by atoms with van der Waals surface area (Å²) in [6.07, 6.45) is 1.56. The molecule has 0 atom stereocenters. The third kappa shape index (κ3) is 2.98. The van der Waals surface area contributed by atoms with E-state index in [1.54, 1.807) is 36.7 Å². The van der Waals surface area contributed by atoms with Gasteiger partial charge in [-0.2, -0.15) is 0 Å². The lowest BCUT2D eigenvalue weighted by Crippen LogP contribution is -2.37. The molecule has 0 bridgehead atoms.